The van der Waals surface area contributed by atoms with Gasteiger partial charge in [0.05, 0.1) is 5.25 Å². The van der Waals surface area contributed by atoms with E-state index in [1.54, 1.807) is 0 Å². The lowest BCUT2D eigenvalue weighted by Crippen LogP contribution is -1.93. The van der Waals surface area contributed by atoms with E-state index in [4.69, 9.17) is 0 Å². The molecule has 1 unspecified atom stereocenters. The van der Waals surface area contributed by atoms with E-state index in [1.165, 1.54) is 75.5 Å². The van der Waals surface area contributed by atoms with E-state index in [1.807, 2.05) is 17.8 Å². The Morgan fingerprint density at radius 2 is 1.21 bits per heavy atom. The van der Waals surface area contributed by atoms with Crippen LogP contribution in [-0.4, -0.2) is 5.75 Å². The summed E-state index contributed by atoms with van der Waals surface area (Å²) in [4.78, 5) is 0. The summed E-state index contributed by atoms with van der Waals surface area (Å²) in [6.07, 6.45) is 13.9. The van der Waals surface area contributed by atoms with E-state index in [2.05, 4.69) is 73.4 Å². The molecule has 0 heterocycles. The molecule has 1 heteroatoms. The summed E-state index contributed by atoms with van der Waals surface area (Å²) < 4.78 is 0. The molecule has 0 aromatic heterocycles. The first kappa shape index (κ1) is 22.6. The first-order valence-corrected chi connectivity index (χ1v) is 12.2. The topological polar surface area (TPSA) is 0 Å². The Kier molecular flexibility index (Phi) is 12.4. The van der Waals surface area contributed by atoms with E-state index in [-0.39, 0.29) is 5.25 Å². The third-order valence-electron chi connectivity index (χ3n) is 5.01. The summed E-state index contributed by atoms with van der Waals surface area (Å²) in [5.74, 6) is 8.06. The van der Waals surface area contributed by atoms with Crippen LogP contribution >= 0.6 is 11.8 Å². The molecule has 2 aromatic rings. The Morgan fingerprint density at radius 3 is 1.82 bits per heavy atom. The SMILES string of the molecule is CCCCCCCCCCCCSC(C#Cc1ccccc1)c1ccccc1. The fourth-order valence-corrected chi connectivity index (χ4v) is 4.41. The normalized spacial score (nSPS) is 11.6. The minimum Gasteiger partial charge on any atom is -0.141 e. The fraction of sp³-hybridized carbons (Fsp3) is 0.481. The van der Waals surface area contributed by atoms with Gasteiger partial charge in [0.25, 0.3) is 0 Å². The fourth-order valence-electron chi connectivity index (χ4n) is 3.31. The first-order chi connectivity index (χ1) is 13.9. The van der Waals surface area contributed by atoms with E-state index >= 15 is 0 Å². The highest BCUT2D eigenvalue weighted by atomic mass is 32.2. The molecule has 1 atom stereocenters. The van der Waals surface area contributed by atoms with Gasteiger partial charge in [0, 0.05) is 5.56 Å². The van der Waals surface area contributed by atoms with Gasteiger partial charge in [-0.3, -0.25) is 0 Å². The van der Waals surface area contributed by atoms with Crippen molar-refractivity contribution in [3.8, 4) is 11.8 Å². The van der Waals surface area contributed by atoms with Crippen molar-refractivity contribution in [2.75, 3.05) is 5.75 Å². The average molecular weight is 393 g/mol. The van der Waals surface area contributed by atoms with Crippen LogP contribution in [0.4, 0.5) is 0 Å². The van der Waals surface area contributed by atoms with E-state index in [0.29, 0.717) is 0 Å². The van der Waals surface area contributed by atoms with Gasteiger partial charge in [-0.2, -0.15) is 0 Å². The van der Waals surface area contributed by atoms with Gasteiger partial charge in [-0.15, -0.1) is 11.8 Å². The van der Waals surface area contributed by atoms with Gasteiger partial charge in [0.1, 0.15) is 0 Å². The molecule has 0 amide bonds. The lowest BCUT2D eigenvalue weighted by molar-refractivity contribution is 0.563. The highest BCUT2D eigenvalue weighted by Gasteiger charge is 2.08. The maximum atomic E-state index is 3.50. The Morgan fingerprint density at radius 1 is 0.679 bits per heavy atom. The zero-order chi connectivity index (χ0) is 19.7. The zero-order valence-corrected chi connectivity index (χ0v) is 18.4. The Balaban J connectivity index is 1.68. The van der Waals surface area contributed by atoms with E-state index in [0.717, 1.165) is 5.56 Å². The van der Waals surface area contributed by atoms with Gasteiger partial charge in [-0.25, -0.2) is 0 Å². The molecule has 0 spiro atoms. The number of thioether (sulfide) groups is 1. The lowest BCUT2D eigenvalue weighted by atomic mass is 10.1. The molecule has 0 saturated carbocycles. The van der Waals surface area contributed by atoms with Crippen LogP contribution in [0.15, 0.2) is 60.7 Å². The third-order valence-corrected chi connectivity index (χ3v) is 6.25. The maximum absolute atomic E-state index is 3.50. The molecule has 0 radical (unpaired) electrons. The molecule has 0 aliphatic rings. The Labute approximate surface area is 177 Å². The minimum atomic E-state index is 0.264. The second-order valence-corrected chi connectivity index (χ2v) is 8.69. The number of unbranched alkanes of at least 4 members (excludes halogenated alkanes) is 9. The summed E-state index contributed by atoms with van der Waals surface area (Å²) in [5.41, 5.74) is 2.42. The van der Waals surface area contributed by atoms with Crippen LogP contribution in [0.1, 0.15) is 87.5 Å². The van der Waals surface area contributed by atoms with Gasteiger partial charge in [0.2, 0.25) is 0 Å². The standard InChI is InChI=1S/C27H36S/c1-2-3-4-5-6-7-8-9-10-17-24-28-27(26-20-15-12-16-21-26)23-22-25-18-13-11-14-19-25/h11-16,18-21,27H,2-10,17,24H2,1H3. The second kappa shape index (κ2) is 15.3. The largest absolute Gasteiger partial charge is 0.141 e. The molecule has 0 aliphatic heterocycles. The second-order valence-electron chi connectivity index (χ2n) is 7.48. The minimum absolute atomic E-state index is 0.264. The highest BCUT2D eigenvalue weighted by molar-refractivity contribution is 7.99. The number of rotatable bonds is 13. The quantitative estimate of drug-likeness (QED) is 0.243. The van der Waals surface area contributed by atoms with Crippen molar-refractivity contribution in [1.82, 2.24) is 0 Å². The molecule has 0 fully saturated rings. The molecular weight excluding hydrogens is 356 g/mol. The van der Waals surface area contributed by atoms with Crippen LogP contribution in [0.3, 0.4) is 0 Å². The van der Waals surface area contributed by atoms with Gasteiger partial charge in [-0.1, -0.05) is 125 Å². The smallest absolute Gasteiger partial charge is 0.0909 e. The summed E-state index contributed by atoms with van der Waals surface area (Å²) in [6, 6.07) is 21.0. The van der Waals surface area contributed by atoms with Gasteiger partial charge in [0.15, 0.2) is 0 Å². The van der Waals surface area contributed by atoms with Crippen LogP contribution < -0.4 is 0 Å². The monoisotopic (exact) mass is 392 g/mol. The number of benzene rings is 2. The summed E-state index contributed by atoms with van der Waals surface area (Å²) in [7, 11) is 0. The van der Waals surface area contributed by atoms with Crippen LogP contribution in [-0.2, 0) is 0 Å². The van der Waals surface area contributed by atoms with E-state index in [9.17, 15) is 0 Å². The van der Waals surface area contributed by atoms with E-state index < -0.39 is 0 Å². The number of hydrogen-bond donors (Lipinski definition) is 0. The maximum Gasteiger partial charge on any atom is 0.0909 e. The number of hydrogen-bond acceptors (Lipinski definition) is 1. The van der Waals surface area contributed by atoms with Crippen molar-refractivity contribution in [2.45, 2.75) is 76.4 Å². The first-order valence-electron chi connectivity index (χ1n) is 11.1. The summed E-state index contributed by atoms with van der Waals surface area (Å²) in [5, 5.41) is 0.264. The van der Waals surface area contributed by atoms with Crippen LogP contribution in [0, 0.1) is 11.8 Å². The molecule has 28 heavy (non-hydrogen) atoms. The average Bonchev–Trinajstić information content (AvgIpc) is 2.75. The molecule has 0 nitrogen and oxygen atoms in total. The van der Waals surface area contributed by atoms with Gasteiger partial charge >= 0.3 is 0 Å². The van der Waals surface area contributed by atoms with Gasteiger partial charge in [-0.05, 0) is 29.9 Å². The summed E-state index contributed by atoms with van der Waals surface area (Å²) >= 11 is 2.00. The molecule has 2 rings (SSSR count). The molecular formula is C27H36S. The predicted molar refractivity (Wildman–Crippen MR) is 127 cm³/mol. The highest BCUT2D eigenvalue weighted by Crippen LogP contribution is 2.29. The van der Waals surface area contributed by atoms with Crippen LogP contribution in [0.25, 0.3) is 0 Å². The van der Waals surface area contributed by atoms with Crippen molar-refractivity contribution in [3.05, 3.63) is 71.8 Å². The molecule has 0 saturated heterocycles. The van der Waals surface area contributed by atoms with Crippen molar-refractivity contribution in [3.63, 3.8) is 0 Å². The summed E-state index contributed by atoms with van der Waals surface area (Å²) in [6.45, 7) is 2.29. The molecule has 0 aliphatic carbocycles. The Bertz CT molecular complexity index is 666. The molecule has 2 aromatic carbocycles. The van der Waals surface area contributed by atoms with Crippen molar-refractivity contribution in [1.29, 1.82) is 0 Å². The molecule has 0 N–H and O–H groups in total. The van der Waals surface area contributed by atoms with Crippen molar-refractivity contribution in [2.24, 2.45) is 0 Å². The third kappa shape index (κ3) is 10.0. The van der Waals surface area contributed by atoms with Crippen LogP contribution in [0.2, 0.25) is 0 Å². The molecule has 150 valence electrons. The van der Waals surface area contributed by atoms with Crippen molar-refractivity contribution < 1.29 is 0 Å². The van der Waals surface area contributed by atoms with Crippen molar-refractivity contribution >= 4 is 11.8 Å². The lowest BCUT2D eigenvalue weighted by Gasteiger charge is -2.11. The van der Waals surface area contributed by atoms with Crippen LogP contribution in [0.5, 0.6) is 0 Å². The Hall–Kier alpha value is -1.65. The molecule has 0 bridgehead atoms. The van der Waals surface area contributed by atoms with Gasteiger partial charge < -0.3 is 0 Å². The zero-order valence-electron chi connectivity index (χ0n) is 17.5. The predicted octanol–water partition coefficient (Wildman–Crippen LogP) is 8.43.